The quantitative estimate of drug-likeness (QED) is 0.286. The molecule has 2 fully saturated rings. The zero-order valence-corrected chi connectivity index (χ0v) is 20.8. The first kappa shape index (κ1) is 26.3. The molecular weight excluding hydrogens is 483 g/mol. The van der Waals surface area contributed by atoms with Crippen molar-refractivity contribution < 1.29 is 14.3 Å². The molecule has 1 aliphatic heterocycles. The van der Waals surface area contributed by atoms with Gasteiger partial charge in [0.15, 0.2) is 5.96 Å². The molecule has 170 valence electrons. The maximum Gasteiger partial charge on any atom is 0.409 e. The van der Waals surface area contributed by atoms with Crippen LogP contribution in [0.3, 0.4) is 0 Å². The number of aliphatic imine (C=N–C) groups is 1. The fourth-order valence-electron chi connectivity index (χ4n) is 4.02. The molecule has 7 nitrogen and oxygen atoms in total. The molecule has 0 unspecified atom stereocenters. The summed E-state index contributed by atoms with van der Waals surface area (Å²) in [7, 11) is 0. The van der Waals surface area contributed by atoms with Crippen LogP contribution in [0, 0.1) is 0 Å². The number of halogens is 1. The van der Waals surface area contributed by atoms with E-state index < -0.39 is 0 Å². The maximum absolute atomic E-state index is 11.9. The van der Waals surface area contributed by atoms with Gasteiger partial charge in [0.1, 0.15) is 0 Å². The first-order valence-corrected chi connectivity index (χ1v) is 11.2. The van der Waals surface area contributed by atoms with Crippen LogP contribution in [0.1, 0.15) is 72.1 Å². The van der Waals surface area contributed by atoms with Crippen LogP contribution in [0.15, 0.2) is 4.99 Å². The lowest BCUT2D eigenvalue weighted by Gasteiger charge is -2.36. The number of rotatable bonds is 8. The number of likely N-dealkylation sites (tertiary alicyclic amines) is 1. The number of hydrogen-bond donors (Lipinski definition) is 2. The molecule has 8 heteroatoms. The van der Waals surface area contributed by atoms with Crippen LogP contribution in [-0.4, -0.2) is 68.0 Å². The Morgan fingerprint density at radius 2 is 1.83 bits per heavy atom. The van der Waals surface area contributed by atoms with Gasteiger partial charge in [-0.05, 0) is 46.0 Å². The molecule has 0 spiro atoms. The predicted octanol–water partition coefficient (Wildman–Crippen LogP) is 3.91. The van der Waals surface area contributed by atoms with E-state index in [9.17, 15) is 4.79 Å². The van der Waals surface area contributed by atoms with Gasteiger partial charge in [-0.2, -0.15) is 0 Å². The Kier molecular flexibility index (Phi) is 12.9. The van der Waals surface area contributed by atoms with E-state index in [1.54, 1.807) is 4.90 Å². The lowest BCUT2D eigenvalue weighted by molar-refractivity contribution is -0.0624. The molecule has 1 saturated heterocycles. The van der Waals surface area contributed by atoms with E-state index in [-0.39, 0.29) is 35.7 Å². The summed E-state index contributed by atoms with van der Waals surface area (Å²) in [4.78, 5) is 18.6. The van der Waals surface area contributed by atoms with E-state index in [1.807, 2.05) is 6.92 Å². The van der Waals surface area contributed by atoms with Gasteiger partial charge in [-0.25, -0.2) is 4.79 Å². The van der Waals surface area contributed by atoms with Gasteiger partial charge in [-0.3, -0.25) is 4.99 Å². The highest BCUT2D eigenvalue weighted by molar-refractivity contribution is 14.0. The number of carbonyl (C=O) groups is 1. The van der Waals surface area contributed by atoms with Gasteiger partial charge in [-0.1, -0.05) is 26.2 Å². The van der Waals surface area contributed by atoms with Gasteiger partial charge in [-0.15, -0.1) is 24.0 Å². The number of piperidine rings is 1. The van der Waals surface area contributed by atoms with Crippen molar-refractivity contribution >= 4 is 36.0 Å². The Labute approximate surface area is 193 Å². The van der Waals surface area contributed by atoms with Crippen molar-refractivity contribution in [3.8, 4) is 0 Å². The topological polar surface area (TPSA) is 75.2 Å². The molecular formula is C21H41IN4O3. The second-order valence-electron chi connectivity index (χ2n) is 7.89. The first-order valence-electron chi connectivity index (χ1n) is 11.2. The average Bonchev–Trinajstić information content (AvgIpc) is 2.72. The molecule has 1 heterocycles. The standard InChI is InChI=1S/C21H40N4O3.HI/c1-4-16-28-21(12-8-7-9-13-21)17-23-19(22-5-2)24-18-10-14-25(15-11-18)20(26)27-6-3;/h18H,4-17H2,1-3H3,(H2,22,23,24);1H. The Bertz CT molecular complexity index is 490. The average molecular weight is 524 g/mol. The van der Waals surface area contributed by atoms with Crippen molar-refractivity contribution in [3.63, 3.8) is 0 Å². The van der Waals surface area contributed by atoms with Gasteiger partial charge < -0.3 is 25.0 Å². The lowest BCUT2D eigenvalue weighted by atomic mass is 9.84. The summed E-state index contributed by atoms with van der Waals surface area (Å²) in [6, 6.07) is 0.322. The number of amides is 1. The highest BCUT2D eigenvalue weighted by Gasteiger charge is 2.33. The van der Waals surface area contributed by atoms with E-state index in [0.29, 0.717) is 19.2 Å². The fraction of sp³-hybridized carbons (Fsp3) is 0.905. The van der Waals surface area contributed by atoms with Gasteiger partial charge in [0.25, 0.3) is 0 Å². The van der Waals surface area contributed by atoms with Gasteiger partial charge in [0.2, 0.25) is 0 Å². The third-order valence-electron chi connectivity index (χ3n) is 5.61. The Balaban J connectivity index is 0.00000420. The van der Waals surface area contributed by atoms with E-state index in [0.717, 1.165) is 64.3 Å². The highest BCUT2D eigenvalue weighted by atomic mass is 127. The van der Waals surface area contributed by atoms with E-state index in [1.165, 1.54) is 19.3 Å². The van der Waals surface area contributed by atoms with E-state index >= 15 is 0 Å². The number of ether oxygens (including phenoxy) is 2. The molecule has 1 saturated carbocycles. The summed E-state index contributed by atoms with van der Waals surface area (Å²) in [5.74, 6) is 0.863. The van der Waals surface area contributed by atoms with Crippen LogP contribution in [0.5, 0.6) is 0 Å². The van der Waals surface area contributed by atoms with Gasteiger partial charge >= 0.3 is 6.09 Å². The van der Waals surface area contributed by atoms with Crippen molar-refractivity contribution in [2.45, 2.75) is 83.8 Å². The lowest BCUT2D eigenvalue weighted by Crippen LogP contribution is -2.50. The third kappa shape index (κ3) is 8.86. The molecule has 0 aromatic rings. The molecule has 0 aromatic carbocycles. The van der Waals surface area contributed by atoms with Crippen LogP contribution in [0.25, 0.3) is 0 Å². The minimum Gasteiger partial charge on any atom is -0.450 e. The Hall–Kier alpha value is -0.770. The monoisotopic (exact) mass is 524 g/mol. The Morgan fingerprint density at radius 3 is 2.41 bits per heavy atom. The number of guanidine groups is 1. The molecule has 2 rings (SSSR count). The summed E-state index contributed by atoms with van der Waals surface area (Å²) in [6.45, 7) is 10.3. The highest BCUT2D eigenvalue weighted by Crippen LogP contribution is 2.32. The molecule has 1 amide bonds. The fourth-order valence-corrected chi connectivity index (χ4v) is 4.02. The van der Waals surface area contributed by atoms with Crippen molar-refractivity contribution in [2.24, 2.45) is 4.99 Å². The number of nitrogens with zero attached hydrogens (tertiary/aromatic N) is 2. The van der Waals surface area contributed by atoms with Crippen LogP contribution >= 0.6 is 24.0 Å². The third-order valence-corrected chi connectivity index (χ3v) is 5.61. The second kappa shape index (κ2) is 14.3. The minimum atomic E-state index is -0.200. The first-order chi connectivity index (χ1) is 13.6. The van der Waals surface area contributed by atoms with Crippen LogP contribution in [0.4, 0.5) is 4.79 Å². The number of nitrogens with one attached hydrogen (secondary N) is 2. The van der Waals surface area contributed by atoms with Crippen LogP contribution in [0.2, 0.25) is 0 Å². The number of hydrogen-bond acceptors (Lipinski definition) is 4. The van der Waals surface area contributed by atoms with Crippen molar-refractivity contribution in [1.29, 1.82) is 0 Å². The smallest absolute Gasteiger partial charge is 0.409 e. The van der Waals surface area contributed by atoms with Crippen LogP contribution < -0.4 is 10.6 Å². The molecule has 29 heavy (non-hydrogen) atoms. The SMILES string of the molecule is CCCOC1(CN=C(NCC)NC2CCN(C(=O)OCC)CC2)CCCCC1.I. The normalized spacial score (nSPS) is 20.0. The maximum atomic E-state index is 11.9. The molecule has 0 aromatic heterocycles. The number of carbonyl (C=O) groups excluding carboxylic acids is 1. The molecule has 2 aliphatic rings. The van der Waals surface area contributed by atoms with Crippen molar-refractivity contribution in [2.75, 3.05) is 39.4 Å². The van der Waals surface area contributed by atoms with E-state index in [4.69, 9.17) is 14.5 Å². The molecule has 0 bridgehead atoms. The minimum absolute atomic E-state index is 0. The zero-order chi connectivity index (χ0) is 20.2. The summed E-state index contributed by atoms with van der Waals surface area (Å²) in [6.07, 6.45) is 8.63. The molecule has 1 aliphatic carbocycles. The molecule has 2 N–H and O–H groups in total. The van der Waals surface area contributed by atoms with Crippen LogP contribution in [-0.2, 0) is 9.47 Å². The molecule has 0 radical (unpaired) electrons. The molecule has 0 atom stereocenters. The predicted molar refractivity (Wildman–Crippen MR) is 128 cm³/mol. The summed E-state index contributed by atoms with van der Waals surface area (Å²) < 4.78 is 11.4. The van der Waals surface area contributed by atoms with Crippen molar-refractivity contribution in [1.82, 2.24) is 15.5 Å². The Morgan fingerprint density at radius 1 is 1.14 bits per heavy atom. The summed E-state index contributed by atoms with van der Waals surface area (Å²) in [5, 5.41) is 6.94. The summed E-state index contributed by atoms with van der Waals surface area (Å²) >= 11 is 0. The van der Waals surface area contributed by atoms with Crippen molar-refractivity contribution in [3.05, 3.63) is 0 Å². The van der Waals surface area contributed by atoms with E-state index in [2.05, 4.69) is 24.5 Å². The zero-order valence-electron chi connectivity index (χ0n) is 18.5. The second-order valence-corrected chi connectivity index (χ2v) is 7.89. The van der Waals surface area contributed by atoms with Gasteiger partial charge in [0, 0.05) is 32.3 Å². The largest absolute Gasteiger partial charge is 0.450 e. The van der Waals surface area contributed by atoms with Gasteiger partial charge in [0.05, 0.1) is 18.8 Å². The summed E-state index contributed by atoms with van der Waals surface area (Å²) in [5.41, 5.74) is -0.0934.